The molecule has 0 spiro atoms. The molecule has 1 aliphatic heterocycles. The van der Waals surface area contributed by atoms with Crippen molar-refractivity contribution in [1.82, 2.24) is 20.0 Å². The van der Waals surface area contributed by atoms with Crippen molar-refractivity contribution >= 4 is 6.03 Å². The number of aryl methyl sites for hydroxylation is 1. The van der Waals surface area contributed by atoms with Gasteiger partial charge in [-0.3, -0.25) is 0 Å². The van der Waals surface area contributed by atoms with Crippen molar-refractivity contribution in [1.29, 1.82) is 0 Å². The van der Waals surface area contributed by atoms with E-state index in [-0.39, 0.29) is 30.3 Å². The molecule has 0 radical (unpaired) electrons. The second kappa shape index (κ2) is 12.7. The summed E-state index contributed by atoms with van der Waals surface area (Å²) in [6, 6.07) is 10.1. The van der Waals surface area contributed by atoms with E-state index in [1.165, 1.54) is 6.07 Å². The van der Waals surface area contributed by atoms with Crippen molar-refractivity contribution in [2.75, 3.05) is 26.8 Å². The Labute approximate surface area is 221 Å². The van der Waals surface area contributed by atoms with Crippen LogP contribution in [0.1, 0.15) is 44.4 Å². The van der Waals surface area contributed by atoms with Gasteiger partial charge in [0.15, 0.2) is 11.6 Å². The molecule has 1 N–H and O–H groups in total. The predicted octanol–water partition coefficient (Wildman–Crippen LogP) is 5.61. The lowest BCUT2D eigenvalue weighted by atomic mass is 10.1. The lowest BCUT2D eigenvalue weighted by Crippen LogP contribution is -2.43. The first-order valence-electron chi connectivity index (χ1n) is 13.0. The highest BCUT2D eigenvalue weighted by atomic mass is 19.1. The monoisotopic (exact) mass is 528 g/mol. The third-order valence-electron chi connectivity index (χ3n) is 6.38. The molecule has 204 valence electrons. The van der Waals surface area contributed by atoms with Gasteiger partial charge >= 0.3 is 6.03 Å². The van der Waals surface area contributed by atoms with Crippen LogP contribution < -0.4 is 14.8 Å². The molecule has 1 fully saturated rings. The number of ether oxygens (including phenoxy) is 3. The van der Waals surface area contributed by atoms with E-state index in [9.17, 15) is 13.6 Å². The molecule has 0 saturated carbocycles. The Bertz CT molecular complexity index is 1230. The molecule has 10 heteroatoms. The highest BCUT2D eigenvalue weighted by Gasteiger charge is 2.28. The van der Waals surface area contributed by atoms with E-state index in [0.29, 0.717) is 48.8 Å². The quantitative estimate of drug-likeness (QED) is 0.350. The summed E-state index contributed by atoms with van der Waals surface area (Å²) in [4.78, 5) is 14.9. The van der Waals surface area contributed by atoms with E-state index in [0.717, 1.165) is 31.4 Å². The Morgan fingerprint density at radius 1 is 1.21 bits per heavy atom. The van der Waals surface area contributed by atoms with E-state index in [1.807, 2.05) is 13.8 Å². The van der Waals surface area contributed by atoms with Crippen LogP contribution in [0.4, 0.5) is 13.6 Å². The summed E-state index contributed by atoms with van der Waals surface area (Å²) < 4.78 is 47.0. The molecule has 2 amide bonds. The minimum Gasteiger partial charge on any atom is -0.497 e. The first kappa shape index (κ1) is 27.4. The van der Waals surface area contributed by atoms with Crippen LogP contribution in [0.3, 0.4) is 0 Å². The van der Waals surface area contributed by atoms with Gasteiger partial charge < -0.3 is 24.4 Å². The molecule has 0 aliphatic carbocycles. The van der Waals surface area contributed by atoms with Crippen LogP contribution in [0, 0.1) is 11.6 Å². The van der Waals surface area contributed by atoms with Crippen molar-refractivity contribution in [3.05, 3.63) is 65.4 Å². The fourth-order valence-corrected chi connectivity index (χ4v) is 4.37. The van der Waals surface area contributed by atoms with Gasteiger partial charge in [-0.25, -0.2) is 18.3 Å². The van der Waals surface area contributed by atoms with Crippen LogP contribution in [0.2, 0.25) is 0 Å². The van der Waals surface area contributed by atoms with Crippen LogP contribution in [-0.2, 0) is 17.7 Å². The fraction of sp³-hybridized carbons (Fsp3) is 0.429. The molecule has 3 aromatic rings. The average Bonchev–Trinajstić information content (AvgIpc) is 3.56. The third kappa shape index (κ3) is 6.42. The number of rotatable bonds is 11. The molecule has 0 bridgehead atoms. The summed E-state index contributed by atoms with van der Waals surface area (Å²) in [7, 11) is 1.58. The first-order chi connectivity index (χ1) is 18.4. The predicted molar refractivity (Wildman–Crippen MR) is 139 cm³/mol. The number of hydrogen-bond donors (Lipinski definition) is 1. The lowest BCUT2D eigenvalue weighted by molar-refractivity contribution is 0.0792. The summed E-state index contributed by atoms with van der Waals surface area (Å²) in [5, 5.41) is 7.72. The number of amides is 2. The highest BCUT2D eigenvalue weighted by Crippen LogP contribution is 2.34. The SMILES string of the molecule is CCCNC(=O)N(Cc1c(CC)nn(-c2ccc(OC)cc2)c1Oc1ccc(F)cc1F)C[C@H]1CCCO1. The van der Waals surface area contributed by atoms with Gasteiger partial charge in [0.1, 0.15) is 11.6 Å². The molecular weight excluding hydrogens is 494 g/mol. The Kier molecular flexibility index (Phi) is 9.17. The van der Waals surface area contributed by atoms with Gasteiger partial charge in [-0.1, -0.05) is 13.8 Å². The molecule has 0 unspecified atom stereocenters. The van der Waals surface area contributed by atoms with E-state index < -0.39 is 11.6 Å². The van der Waals surface area contributed by atoms with Gasteiger partial charge in [0.25, 0.3) is 0 Å². The largest absolute Gasteiger partial charge is 0.497 e. The maximum absolute atomic E-state index is 14.7. The number of nitrogens with one attached hydrogen (secondary N) is 1. The number of benzene rings is 2. The zero-order valence-electron chi connectivity index (χ0n) is 22.0. The van der Waals surface area contributed by atoms with Crippen molar-refractivity contribution in [2.24, 2.45) is 0 Å². The van der Waals surface area contributed by atoms with Gasteiger partial charge in [-0.15, -0.1) is 0 Å². The van der Waals surface area contributed by atoms with Gasteiger partial charge in [0.05, 0.1) is 36.7 Å². The average molecular weight is 529 g/mol. The van der Waals surface area contributed by atoms with Crippen LogP contribution in [-0.4, -0.2) is 53.6 Å². The van der Waals surface area contributed by atoms with Gasteiger partial charge in [-0.05, 0) is 62.1 Å². The van der Waals surface area contributed by atoms with Gasteiger partial charge in [0, 0.05) is 25.8 Å². The lowest BCUT2D eigenvalue weighted by Gasteiger charge is -2.26. The number of hydrogen-bond acceptors (Lipinski definition) is 5. The van der Waals surface area contributed by atoms with Crippen molar-refractivity contribution in [3.8, 4) is 23.1 Å². The van der Waals surface area contributed by atoms with E-state index >= 15 is 0 Å². The summed E-state index contributed by atoms with van der Waals surface area (Å²) in [6.07, 6.45) is 3.09. The third-order valence-corrected chi connectivity index (χ3v) is 6.38. The van der Waals surface area contributed by atoms with Crippen molar-refractivity contribution in [2.45, 2.75) is 52.2 Å². The Balaban J connectivity index is 1.77. The minimum absolute atomic E-state index is 0.0667. The number of halogens is 2. The van der Waals surface area contributed by atoms with E-state index in [2.05, 4.69) is 5.32 Å². The van der Waals surface area contributed by atoms with Crippen LogP contribution in [0.25, 0.3) is 5.69 Å². The number of urea groups is 1. The van der Waals surface area contributed by atoms with Crippen molar-refractivity contribution < 1.29 is 27.8 Å². The number of carbonyl (C=O) groups is 1. The number of aromatic nitrogens is 2. The highest BCUT2D eigenvalue weighted by molar-refractivity contribution is 5.74. The molecule has 1 aliphatic rings. The summed E-state index contributed by atoms with van der Waals surface area (Å²) in [6.45, 7) is 5.72. The summed E-state index contributed by atoms with van der Waals surface area (Å²) in [5.74, 6) is -0.778. The van der Waals surface area contributed by atoms with Gasteiger partial charge in [-0.2, -0.15) is 5.10 Å². The van der Waals surface area contributed by atoms with Crippen LogP contribution in [0.5, 0.6) is 17.4 Å². The maximum Gasteiger partial charge on any atom is 0.317 e. The fourth-order valence-electron chi connectivity index (χ4n) is 4.37. The minimum atomic E-state index is -0.839. The van der Waals surface area contributed by atoms with Crippen LogP contribution >= 0.6 is 0 Å². The summed E-state index contributed by atoms with van der Waals surface area (Å²) >= 11 is 0. The molecule has 1 atom stereocenters. The Hall–Kier alpha value is -3.66. The smallest absolute Gasteiger partial charge is 0.317 e. The molecule has 8 nitrogen and oxygen atoms in total. The van der Waals surface area contributed by atoms with Gasteiger partial charge in [0.2, 0.25) is 5.88 Å². The topological polar surface area (TPSA) is 77.9 Å². The molecule has 38 heavy (non-hydrogen) atoms. The summed E-state index contributed by atoms with van der Waals surface area (Å²) in [5.41, 5.74) is 1.99. The second-order valence-corrected chi connectivity index (χ2v) is 9.12. The van der Waals surface area contributed by atoms with E-state index in [4.69, 9.17) is 19.3 Å². The molecule has 2 aromatic carbocycles. The first-order valence-corrected chi connectivity index (χ1v) is 13.0. The Morgan fingerprint density at radius 3 is 2.63 bits per heavy atom. The van der Waals surface area contributed by atoms with Crippen LogP contribution in [0.15, 0.2) is 42.5 Å². The molecule has 2 heterocycles. The normalized spacial score (nSPS) is 14.9. The number of nitrogens with zero attached hydrogens (tertiary/aromatic N) is 3. The molecule has 4 rings (SSSR count). The molecular formula is C28H34F2N4O4. The number of carbonyl (C=O) groups excluding carboxylic acids is 1. The molecule has 1 aromatic heterocycles. The second-order valence-electron chi connectivity index (χ2n) is 9.12. The zero-order chi connectivity index (χ0) is 27.1. The molecule has 1 saturated heterocycles. The number of methoxy groups -OCH3 is 1. The zero-order valence-corrected chi connectivity index (χ0v) is 22.0. The standard InChI is InChI=1S/C28H34F2N4O4/c1-4-14-31-28(35)33(17-22-7-6-15-37-22)18-23-25(5-2)32-34(20-9-11-21(36-3)12-10-20)27(23)38-26-13-8-19(29)16-24(26)30/h8-13,16,22H,4-7,14-15,17-18H2,1-3H3,(H,31,35)/t22-/m1/s1. The Morgan fingerprint density at radius 2 is 2.00 bits per heavy atom. The van der Waals surface area contributed by atoms with E-state index in [1.54, 1.807) is 41.0 Å². The van der Waals surface area contributed by atoms with Crippen molar-refractivity contribution in [3.63, 3.8) is 0 Å². The maximum atomic E-state index is 14.7.